The number of sulfonamides is 1. The van der Waals surface area contributed by atoms with Gasteiger partial charge in [-0.25, -0.2) is 22.5 Å². The van der Waals surface area contributed by atoms with Crippen molar-refractivity contribution in [1.29, 1.82) is 0 Å². The smallest absolute Gasteiger partial charge is 0.335 e. The van der Waals surface area contributed by atoms with Crippen LogP contribution in [0.4, 0.5) is 5.82 Å². The first-order valence-electron chi connectivity index (χ1n) is 11.2. The fourth-order valence-electron chi connectivity index (χ4n) is 4.24. The normalized spacial score (nSPS) is 13.7. The predicted octanol–water partition coefficient (Wildman–Crippen LogP) is 5.51. The molecule has 0 bridgehead atoms. The molecule has 1 aromatic heterocycles. The van der Waals surface area contributed by atoms with E-state index in [0.29, 0.717) is 11.7 Å². The standard InChI is InChI=1S/C27H24N2O4S/c1-18-23-9-5-6-10-24(23)25(20-11-12-20)28-26(18)29(17-19-7-3-2-4-8-19)34(32,33)22-15-13-21(14-16-22)27(30)31/h2-10,13-16,20H,11-12,17H2,1H3,(H,30,31). The second kappa shape index (κ2) is 8.57. The Morgan fingerprint density at radius 3 is 2.18 bits per heavy atom. The van der Waals surface area contributed by atoms with Gasteiger partial charge in [-0.2, -0.15) is 0 Å². The van der Waals surface area contributed by atoms with Crippen LogP contribution in [-0.4, -0.2) is 24.5 Å². The highest BCUT2D eigenvalue weighted by atomic mass is 32.2. The zero-order valence-electron chi connectivity index (χ0n) is 18.7. The van der Waals surface area contributed by atoms with E-state index in [4.69, 9.17) is 4.98 Å². The third-order valence-corrected chi connectivity index (χ3v) is 7.98. The lowest BCUT2D eigenvalue weighted by Gasteiger charge is -2.27. The summed E-state index contributed by atoms with van der Waals surface area (Å²) >= 11 is 0. The quantitative estimate of drug-likeness (QED) is 0.383. The number of rotatable bonds is 7. The molecular formula is C27H24N2O4S. The van der Waals surface area contributed by atoms with Crippen LogP contribution in [0.15, 0.2) is 83.8 Å². The van der Waals surface area contributed by atoms with Crippen LogP contribution in [0.3, 0.4) is 0 Å². The third-order valence-electron chi connectivity index (χ3n) is 6.23. The number of nitrogens with zero attached hydrogens (tertiary/aromatic N) is 2. The van der Waals surface area contributed by atoms with E-state index in [1.165, 1.54) is 28.6 Å². The third kappa shape index (κ3) is 4.03. The maximum Gasteiger partial charge on any atom is 0.335 e. The van der Waals surface area contributed by atoms with Crippen molar-refractivity contribution in [3.63, 3.8) is 0 Å². The van der Waals surface area contributed by atoms with Crippen molar-refractivity contribution in [2.75, 3.05) is 4.31 Å². The number of hydrogen-bond acceptors (Lipinski definition) is 4. The molecular weight excluding hydrogens is 448 g/mol. The molecule has 1 N–H and O–H groups in total. The Kier molecular flexibility index (Phi) is 5.57. The van der Waals surface area contributed by atoms with Gasteiger partial charge in [-0.3, -0.25) is 0 Å². The largest absolute Gasteiger partial charge is 0.478 e. The molecule has 1 aliphatic carbocycles. The first-order valence-corrected chi connectivity index (χ1v) is 12.6. The van der Waals surface area contributed by atoms with Gasteiger partial charge in [0, 0.05) is 16.9 Å². The molecule has 1 heterocycles. The van der Waals surface area contributed by atoms with Crippen molar-refractivity contribution in [1.82, 2.24) is 4.98 Å². The lowest BCUT2D eigenvalue weighted by Crippen LogP contribution is -2.32. The van der Waals surface area contributed by atoms with Gasteiger partial charge in [0.05, 0.1) is 22.7 Å². The molecule has 4 aromatic rings. The monoisotopic (exact) mass is 472 g/mol. The number of aromatic carboxylic acids is 1. The number of aromatic nitrogens is 1. The Bertz CT molecular complexity index is 1480. The number of fused-ring (bicyclic) bond motifs is 1. The summed E-state index contributed by atoms with van der Waals surface area (Å²) < 4.78 is 29.2. The molecule has 3 aromatic carbocycles. The SMILES string of the molecule is Cc1c(N(Cc2ccccc2)S(=O)(=O)c2ccc(C(=O)O)cc2)nc(C2CC2)c2ccccc12. The summed E-state index contributed by atoms with van der Waals surface area (Å²) in [5, 5.41) is 11.3. The van der Waals surface area contributed by atoms with Crippen LogP contribution in [0.25, 0.3) is 10.8 Å². The first-order chi connectivity index (χ1) is 16.4. The summed E-state index contributed by atoms with van der Waals surface area (Å²) in [7, 11) is -4.03. The van der Waals surface area contributed by atoms with Gasteiger partial charge in [-0.05, 0) is 55.0 Å². The van der Waals surface area contributed by atoms with Gasteiger partial charge >= 0.3 is 5.97 Å². The van der Waals surface area contributed by atoms with E-state index >= 15 is 0 Å². The lowest BCUT2D eigenvalue weighted by molar-refractivity contribution is 0.0696. The van der Waals surface area contributed by atoms with Crippen molar-refractivity contribution < 1.29 is 18.3 Å². The van der Waals surface area contributed by atoms with Crippen LogP contribution < -0.4 is 4.31 Å². The lowest BCUT2D eigenvalue weighted by atomic mass is 10.0. The highest BCUT2D eigenvalue weighted by Gasteiger charge is 2.32. The van der Waals surface area contributed by atoms with E-state index in [2.05, 4.69) is 0 Å². The molecule has 0 unspecified atom stereocenters. The van der Waals surface area contributed by atoms with Crippen molar-refractivity contribution in [3.8, 4) is 0 Å². The predicted molar refractivity (Wildman–Crippen MR) is 132 cm³/mol. The molecule has 0 aliphatic heterocycles. The highest BCUT2D eigenvalue weighted by Crippen LogP contribution is 2.44. The Balaban J connectivity index is 1.70. The molecule has 6 nitrogen and oxygen atoms in total. The average Bonchev–Trinajstić information content (AvgIpc) is 3.69. The fraction of sp³-hybridized carbons (Fsp3) is 0.185. The van der Waals surface area contributed by atoms with Crippen LogP contribution in [0.2, 0.25) is 0 Å². The maximum absolute atomic E-state index is 13.9. The second-order valence-electron chi connectivity index (χ2n) is 8.59. The molecule has 5 rings (SSSR count). The summed E-state index contributed by atoms with van der Waals surface area (Å²) in [6, 6.07) is 22.7. The number of benzene rings is 3. The van der Waals surface area contributed by atoms with E-state index in [9.17, 15) is 18.3 Å². The molecule has 0 atom stereocenters. The molecule has 34 heavy (non-hydrogen) atoms. The minimum Gasteiger partial charge on any atom is -0.478 e. The van der Waals surface area contributed by atoms with Gasteiger partial charge < -0.3 is 5.11 Å². The maximum atomic E-state index is 13.9. The van der Waals surface area contributed by atoms with E-state index in [0.717, 1.165) is 40.4 Å². The summed E-state index contributed by atoms with van der Waals surface area (Å²) in [6.07, 6.45) is 2.09. The highest BCUT2D eigenvalue weighted by molar-refractivity contribution is 7.92. The zero-order chi connectivity index (χ0) is 23.9. The molecule has 172 valence electrons. The number of hydrogen-bond donors (Lipinski definition) is 1. The molecule has 0 saturated heterocycles. The van der Waals surface area contributed by atoms with Crippen LogP contribution in [0.1, 0.15) is 45.9 Å². The molecule has 7 heteroatoms. The summed E-state index contributed by atoms with van der Waals surface area (Å²) in [5.74, 6) is -0.363. The summed E-state index contributed by atoms with van der Waals surface area (Å²) in [4.78, 5) is 16.2. The number of pyridine rings is 1. The number of aryl methyl sites for hydroxylation is 1. The fourth-order valence-corrected chi connectivity index (χ4v) is 5.70. The van der Waals surface area contributed by atoms with Gasteiger partial charge in [0.15, 0.2) is 0 Å². The Morgan fingerprint density at radius 1 is 0.941 bits per heavy atom. The Hall–Kier alpha value is -3.71. The summed E-state index contributed by atoms with van der Waals surface area (Å²) in [6.45, 7) is 2.02. The van der Waals surface area contributed by atoms with E-state index in [1.54, 1.807) is 0 Å². The molecule has 0 amide bonds. The van der Waals surface area contributed by atoms with Crippen LogP contribution in [0, 0.1) is 6.92 Å². The first kappa shape index (κ1) is 22.1. The zero-order valence-corrected chi connectivity index (χ0v) is 19.5. The molecule has 0 spiro atoms. The van der Waals surface area contributed by atoms with Gasteiger partial charge in [-0.1, -0.05) is 54.6 Å². The minimum atomic E-state index is -4.03. The van der Waals surface area contributed by atoms with E-state index in [-0.39, 0.29) is 17.0 Å². The van der Waals surface area contributed by atoms with Crippen LogP contribution in [0.5, 0.6) is 0 Å². The number of carboxylic acids is 1. The van der Waals surface area contributed by atoms with Gasteiger partial charge in [0.25, 0.3) is 10.0 Å². The van der Waals surface area contributed by atoms with Gasteiger partial charge in [0.1, 0.15) is 5.82 Å². The summed E-state index contributed by atoms with van der Waals surface area (Å²) in [5.41, 5.74) is 2.59. The van der Waals surface area contributed by atoms with Crippen molar-refractivity contribution >= 4 is 32.6 Å². The van der Waals surface area contributed by atoms with Crippen molar-refractivity contribution in [3.05, 3.63) is 101 Å². The topological polar surface area (TPSA) is 87.6 Å². The van der Waals surface area contributed by atoms with Crippen LogP contribution >= 0.6 is 0 Å². The second-order valence-corrected chi connectivity index (χ2v) is 10.5. The molecule has 1 fully saturated rings. The van der Waals surface area contributed by atoms with E-state index < -0.39 is 16.0 Å². The number of anilines is 1. The number of carbonyl (C=O) groups is 1. The van der Waals surface area contributed by atoms with Crippen LogP contribution in [-0.2, 0) is 16.6 Å². The molecule has 0 radical (unpaired) electrons. The minimum absolute atomic E-state index is 0.0239. The van der Waals surface area contributed by atoms with Crippen molar-refractivity contribution in [2.45, 2.75) is 37.1 Å². The number of carboxylic acid groups (broad SMARTS) is 1. The van der Waals surface area contributed by atoms with E-state index in [1.807, 2.05) is 61.5 Å². The average molecular weight is 473 g/mol. The van der Waals surface area contributed by atoms with Gasteiger partial charge in [-0.15, -0.1) is 0 Å². The van der Waals surface area contributed by atoms with Crippen molar-refractivity contribution in [2.24, 2.45) is 0 Å². The Labute approximate surface area is 198 Å². The Morgan fingerprint density at radius 2 is 1.56 bits per heavy atom. The molecule has 1 aliphatic rings. The van der Waals surface area contributed by atoms with Gasteiger partial charge in [0.2, 0.25) is 0 Å². The molecule has 1 saturated carbocycles.